The van der Waals surface area contributed by atoms with Gasteiger partial charge in [-0.05, 0) is 54.4 Å². The molecule has 0 bridgehead atoms. The van der Waals surface area contributed by atoms with Crippen LogP contribution in [-0.2, 0) is 12.2 Å². The Balaban J connectivity index is 1.26. The summed E-state index contributed by atoms with van der Waals surface area (Å²) in [5.74, 6) is 1.33. The van der Waals surface area contributed by atoms with E-state index in [4.69, 9.17) is 4.52 Å². The predicted molar refractivity (Wildman–Crippen MR) is 131 cm³/mol. The molecular formula is C26H22N4O3S. The minimum atomic E-state index is -0.222. The number of anilines is 2. The molecule has 8 heteroatoms. The Kier molecular flexibility index (Phi) is 6.14. The van der Waals surface area contributed by atoms with Crippen molar-refractivity contribution in [2.45, 2.75) is 24.0 Å². The molecule has 0 atom stereocenters. The number of hydrogen-bond donors (Lipinski definition) is 1. The monoisotopic (exact) mass is 470 g/mol. The van der Waals surface area contributed by atoms with Crippen LogP contribution in [0.4, 0.5) is 11.4 Å². The van der Waals surface area contributed by atoms with E-state index in [1.54, 1.807) is 37.3 Å². The van der Waals surface area contributed by atoms with Crippen LogP contribution in [-0.4, -0.2) is 28.5 Å². The van der Waals surface area contributed by atoms with E-state index in [0.29, 0.717) is 40.8 Å². The molecule has 0 aliphatic carbocycles. The first-order valence-corrected chi connectivity index (χ1v) is 11.9. The first kappa shape index (κ1) is 21.9. The molecule has 5 rings (SSSR count). The van der Waals surface area contributed by atoms with Gasteiger partial charge in [0.2, 0.25) is 5.89 Å². The highest BCUT2D eigenvalue weighted by atomic mass is 32.2. The van der Waals surface area contributed by atoms with Crippen molar-refractivity contribution in [1.29, 1.82) is 0 Å². The summed E-state index contributed by atoms with van der Waals surface area (Å²) >= 11 is 1.47. The lowest BCUT2D eigenvalue weighted by atomic mass is 10.1. The van der Waals surface area contributed by atoms with Gasteiger partial charge in [-0.1, -0.05) is 35.5 Å². The number of benzene rings is 3. The number of aromatic nitrogens is 2. The third-order valence-electron chi connectivity index (χ3n) is 5.58. The van der Waals surface area contributed by atoms with Crippen LogP contribution in [0.25, 0.3) is 0 Å². The minimum Gasteiger partial charge on any atom is -0.340 e. The van der Waals surface area contributed by atoms with Gasteiger partial charge in [-0.3, -0.25) is 9.59 Å². The summed E-state index contributed by atoms with van der Waals surface area (Å²) in [6.45, 7) is 2.42. The van der Waals surface area contributed by atoms with Gasteiger partial charge in [0.1, 0.15) is 0 Å². The molecule has 0 fully saturated rings. The highest BCUT2D eigenvalue weighted by Gasteiger charge is 2.25. The second-order valence-corrected chi connectivity index (χ2v) is 8.90. The van der Waals surface area contributed by atoms with E-state index in [9.17, 15) is 9.59 Å². The average molecular weight is 471 g/mol. The second-order valence-electron chi connectivity index (χ2n) is 7.88. The molecule has 0 radical (unpaired) electrons. The molecular weight excluding hydrogens is 448 g/mol. The molecule has 0 spiro atoms. The Morgan fingerprint density at radius 2 is 1.79 bits per heavy atom. The van der Waals surface area contributed by atoms with Crippen molar-refractivity contribution in [3.8, 4) is 0 Å². The normalized spacial score (nSPS) is 12.4. The van der Waals surface area contributed by atoms with Crippen molar-refractivity contribution in [1.82, 2.24) is 10.1 Å². The highest BCUT2D eigenvalue weighted by Crippen LogP contribution is 2.29. The molecule has 4 aromatic rings. The van der Waals surface area contributed by atoms with Gasteiger partial charge in [0.15, 0.2) is 5.82 Å². The summed E-state index contributed by atoms with van der Waals surface area (Å²) in [5, 5.41) is 6.82. The Morgan fingerprint density at radius 1 is 1.03 bits per heavy atom. The number of aryl methyl sites for hydroxylation is 1. The maximum absolute atomic E-state index is 13.0. The fourth-order valence-corrected chi connectivity index (χ4v) is 4.81. The third kappa shape index (κ3) is 4.58. The van der Waals surface area contributed by atoms with E-state index in [1.807, 2.05) is 41.3 Å². The predicted octanol–water partition coefficient (Wildman–Crippen LogP) is 5.13. The third-order valence-corrected chi connectivity index (χ3v) is 6.65. The van der Waals surface area contributed by atoms with Gasteiger partial charge >= 0.3 is 0 Å². The molecule has 1 aliphatic heterocycles. The maximum atomic E-state index is 13.0. The summed E-state index contributed by atoms with van der Waals surface area (Å²) in [7, 11) is 0. The lowest BCUT2D eigenvalue weighted by molar-refractivity contribution is 0.0988. The van der Waals surface area contributed by atoms with Gasteiger partial charge in [-0.2, -0.15) is 4.98 Å². The van der Waals surface area contributed by atoms with Crippen LogP contribution in [0, 0.1) is 6.92 Å². The van der Waals surface area contributed by atoms with E-state index in [2.05, 4.69) is 21.5 Å². The zero-order valence-electron chi connectivity index (χ0n) is 18.5. The summed E-state index contributed by atoms with van der Waals surface area (Å²) in [5.41, 5.74) is 3.92. The lowest BCUT2D eigenvalue weighted by Gasteiger charge is -2.17. The van der Waals surface area contributed by atoms with Crippen molar-refractivity contribution < 1.29 is 14.1 Å². The second kappa shape index (κ2) is 9.52. The van der Waals surface area contributed by atoms with Crippen molar-refractivity contribution >= 4 is 35.0 Å². The van der Waals surface area contributed by atoms with Gasteiger partial charge in [-0.15, -0.1) is 11.8 Å². The summed E-state index contributed by atoms with van der Waals surface area (Å²) in [4.78, 5) is 32.8. The van der Waals surface area contributed by atoms with Gasteiger partial charge in [-0.25, -0.2) is 0 Å². The number of thioether (sulfide) groups is 1. The van der Waals surface area contributed by atoms with E-state index in [0.717, 1.165) is 17.0 Å². The van der Waals surface area contributed by atoms with Crippen molar-refractivity contribution in [2.24, 2.45) is 0 Å². The molecule has 170 valence electrons. The first-order chi connectivity index (χ1) is 16.6. The Hall–Kier alpha value is -3.91. The fourth-order valence-electron chi connectivity index (χ4n) is 3.92. The van der Waals surface area contributed by atoms with Gasteiger partial charge in [0.25, 0.3) is 11.8 Å². The highest BCUT2D eigenvalue weighted by molar-refractivity contribution is 7.98. The molecule has 7 nitrogen and oxygen atoms in total. The standard InChI is InChI=1S/C26H22N4O3S/c1-17-27-24(29-33-17)16-34-23-9-5-3-7-21(23)25(31)28-20-12-10-19(11-13-20)26(32)30-15-14-18-6-2-4-8-22(18)30/h2-13H,14-16H2,1H3,(H,28,31). The van der Waals surface area contributed by atoms with E-state index >= 15 is 0 Å². The lowest BCUT2D eigenvalue weighted by Crippen LogP contribution is -2.28. The van der Waals surface area contributed by atoms with Crippen LogP contribution >= 0.6 is 11.8 Å². The van der Waals surface area contributed by atoms with Gasteiger partial charge < -0.3 is 14.7 Å². The quantitative estimate of drug-likeness (QED) is 0.393. The van der Waals surface area contributed by atoms with Crippen LogP contribution in [0.1, 0.15) is 38.0 Å². The number of rotatable bonds is 6. The van der Waals surface area contributed by atoms with Crippen LogP contribution < -0.4 is 10.2 Å². The molecule has 0 saturated carbocycles. The SMILES string of the molecule is Cc1nc(CSc2ccccc2C(=O)Nc2ccc(C(=O)N3CCc4ccccc43)cc2)no1. The summed E-state index contributed by atoms with van der Waals surface area (Å²) in [6, 6.07) is 22.4. The zero-order chi connectivity index (χ0) is 23.5. The van der Waals surface area contributed by atoms with Crippen LogP contribution in [0.15, 0.2) is 82.2 Å². The van der Waals surface area contributed by atoms with E-state index in [1.165, 1.54) is 17.3 Å². The topological polar surface area (TPSA) is 88.3 Å². The Bertz CT molecular complexity index is 1350. The Labute approximate surface area is 201 Å². The first-order valence-electron chi connectivity index (χ1n) is 10.9. The molecule has 1 aliphatic rings. The minimum absolute atomic E-state index is 0.0405. The number of amides is 2. The summed E-state index contributed by atoms with van der Waals surface area (Å²) in [6.07, 6.45) is 0.861. The fraction of sp³-hybridized carbons (Fsp3) is 0.154. The number of carbonyl (C=O) groups excluding carboxylic acids is 2. The molecule has 1 N–H and O–H groups in total. The molecule has 2 amide bonds. The Morgan fingerprint density at radius 3 is 2.59 bits per heavy atom. The number of carbonyl (C=O) groups is 2. The number of nitrogens with one attached hydrogen (secondary N) is 1. The summed E-state index contributed by atoms with van der Waals surface area (Å²) < 4.78 is 5.01. The van der Waals surface area contributed by atoms with Gasteiger partial charge in [0, 0.05) is 35.3 Å². The van der Waals surface area contributed by atoms with E-state index < -0.39 is 0 Å². The molecule has 3 aromatic carbocycles. The largest absolute Gasteiger partial charge is 0.340 e. The maximum Gasteiger partial charge on any atom is 0.258 e. The average Bonchev–Trinajstić information content (AvgIpc) is 3.49. The van der Waals surface area contributed by atoms with Gasteiger partial charge in [0.05, 0.1) is 11.3 Å². The molecule has 0 saturated heterocycles. The number of hydrogen-bond acceptors (Lipinski definition) is 6. The van der Waals surface area contributed by atoms with E-state index in [-0.39, 0.29) is 11.8 Å². The number of fused-ring (bicyclic) bond motifs is 1. The molecule has 2 heterocycles. The van der Waals surface area contributed by atoms with Crippen LogP contribution in [0.2, 0.25) is 0 Å². The zero-order valence-corrected chi connectivity index (χ0v) is 19.3. The van der Waals surface area contributed by atoms with Crippen LogP contribution in [0.3, 0.4) is 0 Å². The molecule has 34 heavy (non-hydrogen) atoms. The molecule has 1 aromatic heterocycles. The van der Waals surface area contributed by atoms with Crippen molar-refractivity contribution in [2.75, 3.05) is 16.8 Å². The van der Waals surface area contributed by atoms with Crippen molar-refractivity contribution in [3.63, 3.8) is 0 Å². The van der Waals surface area contributed by atoms with Crippen LogP contribution in [0.5, 0.6) is 0 Å². The van der Waals surface area contributed by atoms with Crippen molar-refractivity contribution in [3.05, 3.63) is 101 Å². The molecule has 0 unspecified atom stereocenters. The number of para-hydroxylation sites is 1. The smallest absolute Gasteiger partial charge is 0.258 e. The number of nitrogens with zero attached hydrogens (tertiary/aromatic N) is 3.